The molecule has 0 radical (unpaired) electrons. The summed E-state index contributed by atoms with van der Waals surface area (Å²) < 4.78 is 46.1. The maximum atomic E-state index is 14.9. The van der Waals surface area contributed by atoms with Crippen molar-refractivity contribution in [3.63, 3.8) is 0 Å². The van der Waals surface area contributed by atoms with E-state index in [1.165, 1.54) is 25.4 Å². The van der Waals surface area contributed by atoms with E-state index in [9.17, 15) is 17.6 Å². The molecule has 0 saturated carbocycles. The molecule has 8 nitrogen and oxygen atoms in total. The van der Waals surface area contributed by atoms with Crippen LogP contribution in [0.4, 0.5) is 15.8 Å². The number of pyridine rings is 1. The maximum absolute atomic E-state index is 14.9. The van der Waals surface area contributed by atoms with Crippen LogP contribution in [0.3, 0.4) is 0 Å². The summed E-state index contributed by atoms with van der Waals surface area (Å²) in [5.41, 5.74) is 0.00241. The van der Waals surface area contributed by atoms with Crippen molar-refractivity contribution in [3.05, 3.63) is 47.0 Å². The smallest absolute Gasteiger partial charge is 0.260 e. The number of benzene rings is 1. The van der Waals surface area contributed by atoms with Crippen molar-refractivity contribution in [1.29, 1.82) is 0 Å². The largest absolute Gasteiger partial charge is 0.494 e. The van der Waals surface area contributed by atoms with Crippen molar-refractivity contribution in [3.8, 4) is 5.75 Å². The fourth-order valence-corrected chi connectivity index (χ4v) is 4.10. The lowest BCUT2D eigenvalue weighted by Crippen LogP contribution is -2.20. The molecule has 0 unspecified atom stereocenters. The first-order valence-electron chi connectivity index (χ1n) is 8.56. The lowest BCUT2D eigenvalue weighted by atomic mass is 10.1. The first kappa shape index (κ1) is 20.9. The summed E-state index contributed by atoms with van der Waals surface area (Å²) in [6.07, 6.45) is 3.36. The molecule has 0 fully saturated rings. The topological polar surface area (TPSA) is 113 Å². The molecule has 0 aliphatic rings. The Labute approximate surface area is 171 Å². The second kappa shape index (κ2) is 8.26. The zero-order valence-corrected chi connectivity index (χ0v) is 17.1. The molecular weight excluding hydrogens is 423 g/mol. The van der Waals surface area contributed by atoms with Gasteiger partial charge in [0.15, 0.2) is 5.82 Å². The minimum absolute atomic E-state index is 0.160. The number of aromatic amines is 1. The van der Waals surface area contributed by atoms with E-state index in [0.29, 0.717) is 23.2 Å². The van der Waals surface area contributed by atoms with E-state index in [0.717, 1.165) is 0 Å². The molecule has 0 atom stereocenters. The predicted molar refractivity (Wildman–Crippen MR) is 110 cm³/mol. The number of nitrogens with one attached hydrogen (secondary N) is 3. The summed E-state index contributed by atoms with van der Waals surface area (Å²) in [6, 6.07) is 4.02. The molecule has 11 heteroatoms. The number of carbonyl (C=O) groups excluding carboxylic acids is 1. The Morgan fingerprint density at radius 2 is 2.14 bits per heavy atom. The number of halogens is 2. The zero-order chi connectivity index (χ0) is 21.2. The Morgan fingerprint density at radius 3 is 2.83 bits per heavy atom. The number of ether oxygens (including phenoxy) is 1. The second-order valence-corrected chi connectivity index (χ2v) is 8.39. The van der Waals surface area contributed by atoms with Gasteiger partial charge in [-0.15, -0.1) is 0 Å². The van der Waals surface area contributed by atoms with Gasteiger partial charge in [-0.2, -0.15) is 0 Å². The number of hydrogen-bond acceptors (Lipinski definition) is 5. The van der Waals surface area contributed by atoms with Crippen LogP contribution >= 0.6 is 11.6 Å². The lowest BCUT2D eigenvalue weighted by Gasteiger charge is -2.13. The van der Waals surface area contributed by atoms with Gasteiger partial charge in [0.2, 0.25) is 10.0 Å². The average molecular weight is 441 g/mol. The van der Waals surface area contributed by atoms with Crippen molar-refractivity contribution in [1.82, 2.24) is 9.97 Å². The second-order valence-electron chi connectivity index (χ2n) is 6.14. The summed E-state index contributed by atoms with van der Waals surface area (Å²) in [7, 11) is -2.25. The number of fused-ring (bicyclic) bond motifs is 1. The molecule has 3 rings (SSSR count). The first-order chi connectivity index (χ1) is 13.8. The van der Waals surface area contributed by atoms with Crippen LogP contribution in [0.15, 0.2) is 30.6 Å². The molecule has 0 bridgehead atoms. The maximum Gasteiger partial charge on any atom is 0.260 e. The third kappa shape index (κ3) is 4.43. The number of carbonyl (C=O) groups is 1. The number of H-pyrrole nitrogens is 1. The number of rotatable bonds is 7. The highest BCUT2D eigenvalue weighted by Crippen LogP contribution is 2.29. The average Bonchev–Trinajstić information content (AvgIpc) is 3.06. The van der Waals surface area contributed by atoms with Gasteiger partial charge in [-0.1, -0.05) is 18.5 Å². The van der Waals surface area contributed by atoms with E-state index >= 15 is 0 Å². The highest BCUT2D eigenvalue weighted by atomic mass is 35.5. The number of aromatic nitrogens is 2. The minimum atomic E-state index is -3.74. The minimum Gasteiger partial charge on any atom is -0.494 e. The van der Waals surface area contributed by atoms with Gasteiger partial charge in [0.25, 0.3) is 5.91 Å². The molecule has 2 aromatic heterocycles. The van der Waals surface area contributed by atoms with Crippen molar-refractivity contribution >= 4 is 49.9 Å². The van der Waals surface area contributed by atoms with E-state index in [-0.39, 0.29) is 22.2 Å². The summed E-state index contributed by atoms with van der Waals surface area (Å²) in [5.74, 6) is -1.57. The van der Waals surface area contributed by atoms with Gasteiger partial charge in [-0.3, -0.25) is 9.52 Å². The van der Waals surface area contributed by atoms with Gasteiger partial charge in [-0.05, 0) is 24.6 Å². The molecule has 0 spiro atoms. The van der Waals surface area contributed by atoms with Gasteiger partial charge >= 0.3 is 0 Å². The van der Waals surface area contributed by atoms with Crippen LogP contribution in [-0.2, 0) is 10.0 Å². The van der Waals surface area contributed by atoms with Crippen LogP contribution in [0, 0.1) is 5.82 Å². The Balaban J connectivity index is 1.92. The predicted octanol–water partition coefficient (Wildman–Crippen LogP) is 3.77. The summed E-state index contributed by atoms with van der Waals surface area (Å²) in [6.45, 7) is 1.68. The van der Waals surface area contributed by atoms with Crippen LogP contribution in [-0.4, -0.2) is 37.2 Å². The molecule has 0 aliphatic carbocycles. The standard InChI is InChI=1S/C18H18ClFN4O4S/c1-3-6-29(26,27)24-13-5-4-12(19)15(16(13)20)18(25)23-10-7-11-14(28-2)9-22-17(11)21-8-10/h4-5,7-9,24H,3,6H2,1-2H3,(H,21,22)(H,23,25). The number of amides is 1. The molecule has 0 aliphatic heterocycles. The van der Waals surface area contributed by atoms with E-state index < -0.39 is 27.3 Å². The molecule has 3 aromatic rings. The van der Waals surface area contributed by atoms with E-state index in [1.807, 2.05) is 0 Å². The van der Waals surface area contributed by atoms with Crippen LogP contribution in [0.2, 0.25) is 5.02 Å². The number of hydrogen-bond donors (Lipinski definition) is 3. The summed E-state index contributed by atoms with van der Waals surface area (Å²) in [5, 5.41) is 2.98. The van der Waals surface area contributed by atoms with Crippen LogP contribution in [0.5, 0.6) is 5.75 Å². The van der Waals surface area contributed by atoms with Crippen molar-refractivity contribution in [2.45, 2.75) is 13.3 Å². The Hall–Kier alpha value is -2.85. The van der Waals surface area contributed by atoms with Crippen LogP contribution < -0.4 is 14.8 Å². The zero-order valence-electron chi connectivity index (χ0n) is 15.5. The van der Waals surface area contributed by atoms with Gasteiger partial charge < -0.3 is 15.0 Å². The molecule has 154 valence electrons. The molecule has 3 N–H and O–H groups in total. The van der Waals surface area contributed by atoms with E-state index in [1.54, 1.807) is 19.2 Å². The molecule has 2 heterocycles. The van der Waals surface area contributed by atoms with Crippen molar-refractivity contribution in [2.24, 2.45) is 0 Å². The highest BCUT2D eigenvalue weighted by molar-refractivity contribution is 7.92. The van der Waals surface area contributed by atoms with E-state index in [4.69, 9.17) is 16.3 Å². The van der Waals surface area contributed by atoms with Crippen molar-refractivity contribution in [2.75, 3.05) is 22.9 Å². The number of nitrogens with zero attached hydrogens (tertiary/aromatic N) is 1. The third-order valence-electron chi connectivity index (χ3n) is 4.03. The molecule has 1 amide bonds. The monoisotopic (exact) mass is 440 g/mol. The van der Waals surface area contributed by atoms with Gasteiger partial charge in [-0.25, -0.2) is 17.8 Å². The first-order valence-corrected chi connectivity index (χ1v) is 10.6. The van der Waals surface area contributed by atoms with Gasteiger partial charge in [0.05, 0.1) is 46.4 Å². The molecule has 29 heavy (non-hydrogen) atoms. The number of sulfonamides is 1. The van der Waals surface area contributed by atoms with E-state index in [2.05, 4.69) is 20.0 Å². The Bertz CT molecular complexity index is 1180. The number of anilines is 2. The Kier molecular flexibility index (Phi) is 5.94. The summed E-state index contributed by atoms with van der Waals surface area (Å²) in [4.78, 5) is 19.7. The number of methoxy groups -OCH3 is 1. The van der Waals surface area contributed by atoms with Crippen molar-refractivity contribution < 1.29 is 22.3 Å². The highest BCUT2D eigenvalue weighted by Gasteiger charge is 2.22. The third-order valence-corrected chi connectivity index (χ3v) is 5.82. The molecule has 1 aromatic carbocycles. The summed E-state index contributed by atoms with van der Waals surface area (Å²) >= 11 is 6.00. The quantitative estimate of drug-likeness (QED) is 0.517. The fourth-order valence-electron chi connectivity index (χ4n) is 2.74. The van der Waals surface area contributed by atoms with Crippen LogP contribution in [0.25, 0.3) is 11.0 Å². The lowest BCUT2D eigenvalue weighted by molar-refractivity contribution is 0.102. The molecule has 0 saturated heterocycles. The molecular formula is C18H18ClFN4O4S. The van der Waals surface area contributed by atoms with Gasteiger partial charge in [0, 0.05) is 6.20 Å². The normalized spacial score (nSPS) is 11.4. The SMILES string of the molecule is CCCS(=O)(=O)Nc1ccc(Cl)c(C(=O)Nc2cnc3[nH]cc(OC)c3c2)c1F. The van der Waals surface area contributed by atoms with Crippen LogP contribution in [0.1, 0.15) is 23.7 Å². The fraction of sp³-hybridized carbons (Fsp3) is 0.222. The Morgan fingerprint density at radius 1 is 1.38 bits per heavy atom. The van der Waals surface area contributed by atoms with Gasteiger partial charge in [0.1, 0.15) is 11.4 Å².